The lowest BCUT2D eigenvalue weighted by Gasteiger charge is -2.42. The van der Waals surface area contributed by atoms with E-state index in [0.717, 1.165) is 10.6 Å². The van der Waals surface area contributed by atoms with Crippen molar-refractivity contribution in [3.05, 3.63) is 29.8 Å². The van der Waals surface area contributed by atoms with Gasteiger partial charge in [-0.1, -0.05) is 32.9 Å². The normalized spacial score (nSPS) is 20.9. The number of nitrogens with zero attached hydrogens (tertiary/aromatic N) is 1. The minimum Gasteiger partial charge on any atom is -0.544 e. The molecular weight excluding hydrogens is 338 g/mol. The third-order valence-electron chi connectivity index (χ3n) is 4.93. The van der Waals surface area contributed by atoms with E-state index < -0.39 is 32.5 Å². The number of rotatable bonds is 4. The summed E-state index contributed by atoms with van der Waals surface area (Å²) in [6.07, 6.45) is -1.96. The number of carbonyl (C=O) groups is 2. The first kappa shape index (κ1) is 19.5. The van der Waals surface area contributed by atoms with Crippen molar-refractivity contribution in [3.63, 3.8) is 0 Å². The Labute approximate surface area is 149 Å². The second-order valence-electron chi connectivity index (χ2n) is 7.73. The smallest absolute Gasteiger partial charge is 0.417 e. The van der Waals surface area contributed by atoms with Crippen LogP contribution in [0.25, 0.3) is 0 Å². The molecule has 0 aromatic heterocycles. The molecule has 1 aromatic carbocycles. The van der Waals surface area contributed by atoms with Gasteiger partial charge >= 0.3 is 6.09 Å². The Kier molecular flexibility index (Phi) is 5.29. The summed E-state index contributed by atoms with van der Waals surface area (Å²) < 4.78 is 11.1. The fraction of sp³-hybridized carbons (Fsp3) is 0.556. The maximum atomic E-state index is 11.9. The van der Waals surface area contributed by atoms with Gasteiger partial charge in [0.15, 0.2) is 6.10 Å². The van der Waals surface area contributed by atoms with Crippen molar-refractivity contribution < 1.29 is 23.9 Å². The van der Waals surface area contributed by atoms with Crippen LogP contribution in [0.15, 0.2) is 24.3 Å². The topological polar surface area (TPSA) is 76.1 Å². The quantitative estimate of drug-likeness (QED) is 0.653. The summed E-state index contributed by atoms with van der Waals surface area (Å²) in [4.78, 5) is 24.6. The molecule has 0 spiro atoms. The molecular formula is C18H27NO5Si. The molecule has 0 bridgehead atoms. The van der Waals surface area contributed by atoms with Crippen LogP contribution in [0.3, 0.4) is 0 Å². The van der Waals surface area contributed by atoms with Crippen LogP contribution in [0.5, 0.6) is 5.75 Å². The minimum atomic E-state index is -1.94. The van der Waals surface area contributed by atoms with Crippen molar-refractivity contribution in [2.45, 2.75) is 58.0 Å². The van der Waals surface area contributed by atoms with Crippen LogP contribution in [-0.2, 0) is 9.53 Å². The minimum absolute atomic E-state index is 0.0863. The van der Waals surface area contributed by atoms with E-state index in [9.17, 15) is 14.7 Å². The molecule has 1 N–H and O–H groups in total. The van der Waals surface area contributed by atoms with Crippen LogP contribution in [0, 0.1) is 0 Å². The zero-order valence-corrected chi connectivity index (χ0v) is 16.7. The molecule has 7 heteroatoms. The Hall–Kier alpha value is -1.86. The fourth-order valence-corrected chi connectivity index (χ4v) is 3.41. The third kappa shape index (κ3) is 3.72. The second-order valence-corrected chi connectivity index (χ2v) is 12.5. The molecule has 1 saturated heterocycles. The number of likely N-dealkylation sites (tertiary alicyclic amines) is 1. The summed E-state index contributed by atoms with van der Waals surface area (Å²) in [7, 11) is -1.94. The average molecular weight is 366 g/mol. The Bertz CT molecular complexity index is 650. The number of aliphatic hydroxyl groups is 1. The number of hydrogen-bond donors (Lipinski definition) is 1. The molecule has 0 unspecified atom stereocenters. The zero-order chi connectivity index (χ0) is 19.0. The monoisotopic (exact) mass is 365 g/mol. The molecule has 2 atom stereocenters. The van der Waals surface area contributed by atoms with Crippen LogP contribution >= 0.6 is 0 Å². The lowest BCUT2D eigenvalue weighted by Crippen LogP contribution is -2.61. The van der Waals surface area contributed by atoms with Gasteiger partial charge in [-0.15, -0.1) is 0 Å². The van der Waals surface area contributed by atoms with E-state index in [1.54, 1.807) is 19.1 Å². The molecule has 2 amide bonds. The molecule has 2 rings (SSSR count). The van der Waals surface area contributed by atoms with Crippen molar-refractivity contribution >= 4 is 20.3 Å². The van der Waals surface area contributed by atoms with Crippen LogP contribution < -0.4 is 4.43 Å². The number of ether oxygens (including phenoxy) is 1. The Morgan fingerprint density at radius 2 is 1.80 bits per heavy atom. The number of benzene rings is 1. The van der Waals surface area contributed by atoms with E-state index in [1.807, 2.05) is 12.1 Å². The highest BCUT2D eigenvalue weighted by atomic mass is 28.4. The number of carbonyl (C=O) groups excluding carboxylic acids is 2. The van der Waals surface area contributed by atoms with Gasteiger partial charge in [0.25, 0.3) is 5.91 Å². The Morgan fingerprint density at radius 1 is 1.24 bits per heavy atom. The molecule has 1 aliphatic rings. The molecule has 25 heavy (non-hydrogen) atoms. The van der Waals surface area contributed by atoms with Gasteiger partial charge in [0.05, 0.1) is 6.61 Å². The lowest BCUT2D eigenvalue weighted by atomic mass is 9.91. The van der Waals surface area contributed by atoms with Gasteiger partial charge in [-0.25, -0.2) is 9.69 Å². The zero-order valence-electron chi connectivity index (χ0n) is 15.7. The first-order chi connectivity index (χ1) is 11.5. The number of hydrogen-bond acceptors (Lipinski definition) is 5. The standard InChI is InChI=1S/C18H27NO5Si/c1-7-23-17(22)19-14(15(20)16(19)21)12-8-10-13(11-9-12)24-25(5,6)18(2,3)4/h8-11,14-15,20H,7H2,1-6H3/t14-,15+/m0/s1. The van der Waals surface area contributed by atoms with E-state index in [0.29, 0.717) is 5.56 Å². The van der Waals surface area contributed by atoms with Crippen molar-refractivity contribution in [2.24, 2.45) is 0 Å². The van der Waals surface area contributed by atoms with Crippen molar-refractivity contribution in [1.29, 1.82) is 0 Å². The molecule has 138 valence electrons. The number of amides is 2. The fourth-order valence-electron chi connectivity index (χ4n) is 2.38. The second kappa shape index (κ2) is 6.80. The van der Waals surface area contributed by atoms with Crippen LogP contribution in [0.1, 0.15) is 39.3 Å². The molecule has 0 radical (unpaired) electrons. The predicted octanol–water partition coefficient (Wildman–Crippen LogP) is 3.47. The highest BCUT2D eigenvalue weighted by Gasteiger charge is 2.51. The first-order valence-electron chi connectivity index (χ1n) is 8.46. The Balaban J connectivity index is 2.16. The largest absolute Gasteiger partial charge is 0.544 e. The van der Waals surface area contributed by atoms with Gasteiger partial charge in [-0.3, -0.25) is 4.79 Å². The summed E-state index contributed by atoms with van der Waals surface area (Å²) in [6, 6.07) is 6.46. The third-order valence-corrected chi connectivity index (χ3v) is 9.29. The summed E-state index contributed by atoms with van der Waals surface area (Å²) >= 11 is 0. The highest BCUT2D eigenvalue weighted by molar-refractivity contribution is 6.74. The molecule has 0 aliphatic carbocycles. The van der Waals surface area contributed by atoms with Gasteiger partial charge < -0.3 is 14.3 Å². The van der Waals surface area contributed by atoms with Crippen LogP contribution in [0.2, 0.25) is 18.1 Å². The van der Waals surface area contributed by atoms with E-state index >= 15 is 0 Å². The van der Waals surface area contributed by atoms with E-state index in [4.69, 9.17) is 9.16 Å². The molecule has 1 heterocycles. The lowest BCUT2D eigenvalue weighted by molar-refractivity contribution is -0.162. The van der Waals surface area contributed by atoms with Crippen LogP contribution in [0.4, 0.5) is 4.79 Å². The molecule has 0 saturated carbocycles. The predicted molar refractivity (Wildman–Crippen MR) is 96.9 cm³/mol. The van der Waals surface area contributed by atoms with Gasteiger partial charge in [0, 0.05) is 0 Å². The van der Waals surface area contributed by atoms with E-state index in [-0.39, 0.29) is 11.6 Å². The molecule has 1 fully saturated rings. The first-order valence-corrected chi connectivity index (χ1v) is 11.4. The summed E-state index contributed by atoms with van der Waals surface area (Å²) in [5.41, 5.74) is 0.669. The molecule has 1 aromatic rings. The van der Waals surface area contributed by atoms with Gasteiger partial charge in [0.1, 0.15) is 11.8 Å². The van der Waals surface area contributed by atoms with Gasteiger partial charge in [-0.05, 0) is 42.8 Å². The average Bonchev–Trinajstić information content (AvgIpc) is 2.51. The summed E-state index contributed by atoms with van der Waals surface area (Å²) in [6.45, 7) is 12.7. The number of aliphatic hydroxyl groups excluding tert-OH is 1. The van der Waals surface area contributed by atoms with Gasteiger partial charge in [0.2, 0.25) is 8.32 Å². The van der Waals surface area contributed by atoms with E-state index in [1.165, 1.54) is 0 Å². The molecule has 6 nitrogen and oxygen atoms in total. The SMILES string of the molecule is CCOC(=O)N1C(=O)[C@H](O)[C@@H]1c1ccc(O[Si](C)(C)C(C)(C)C)cc1. The summed E-state index contributed by atoms with van der Waals surface area (Å²) in [5.74, 6) is 0.114. The maximum Gasteiger partial charge on any atom is 0.417 e. The maximum absolute atomic E-state index is 11.9. The van der Waals surface area contributed by atoms with Gasteiger partial charge in [-0.2, -0.15) is 0 Å². The van der Waals surface area contributed by atoms with Crippen LogP contribution in [-0.4, -0.2) is 43.0 Å². The van der Waals surface area contributed by atoms with Crippen molar-refractivity contribution in [2.75, 3.05) is 6.61 Å². The summed E-state index contributed by atoms with van der Waals surface area (Å²) in [5, 5.41) is 10.0. The Morgan fingerprint density at radius 3 is 2.28 bits per heavy atom. The van der Waals surface area contributed by atoms with E-state index in [2.05, 4.69) is 33.9 Å². The van der Waals surface area contributed by atoms with Crippen molar-refractivity contribution in [3.8, 4) is 5.75 Å². The highest BCUT2D eigenvalue weighted by Crippen LogP contribution is 2.39. The van der Waals surface area contributed by atoms with Crippen molar-refractivity contribution in [1.82, 2.24) is 4.90 Å². The number of imide groups is 1. The number of β-lactam (4-membered cyclic amide) rings is 1. The molecule has 1 aliphatic heterocycles.